The van der Waals surface area contributed by atoms with Crippen molar-refractivity contribution in [3.05, 3.63) is 23.2 Å². The summed E-state index contributed by atoms with van der Waals surface area (Å²) in [6.07, 6.45) is -0.908. The number of carbonyl (C=O) groups excluding carboxylic acids is 1. The van der Waals surface area contributed by atoms with Gasteiger partial charge < -0.3 is 14.7 Å². The fourth-order valence-corrected chi connectivity index (χ4v) is 3.76. The topological polar surface area (TPSA) is 83.0 Å². The number of fused-ring (bicyclic) bond motifs is 1. The van der Waals surface area contributed by atoms with Gasteiger partial charge in [-0.1, -0.05) is 0 Å². The third-order valence-electron chi connectivity index (χ3n) is 4.28. The maximum Gasteiger partial charge on any atom is 0.407 e. The number of thiazole rings is 1. The Morgan fingerprint density at radius 1 is 1.40 bits per heavy atom. The van der Waals surface area contributed by atoms with Gasteiger partial charge in [-0.2, -0.15) is 0 Å². The van der Waals surface area contributed by atoms with E-state index in [2.05, 4.69) is 4.98 Å². The molecule has 134 valence electrons. The minimum Gasteiger partial charge on any atom is -0.486 e. The van der Waals surface area contributed by atoms with E-state index < -0.39 is 6.09 Å². The second-order valence-electron chi connectivity index (χ2n) is 6.24. The van der Waals surface area contributed by atoms with Gasteiger partial charge in [-0.05, 0) is 26.0 Å². The molecule has 3 rings (SSSR count). The third kappa shape index (κ3) is 4.26. The lowest BCUT2D eigenvalue weighted by Crippen LogP contribution is -2.54. The Hall–Kier alpha value is -2.19. The summed E-state index contributed by atoms with van der Waals surface area (Å²) in [5, 5.41) is 10.0. The van der Waals surface area contributed by atoms with Crippen molar-refractivity contribution in [2.45, 2.75) is 19.9 Å². The summed E-state index contributed by atoms with van der Waals surface area (Å²) in [7, 11) is 0. The molecule has 0 unspecified atom stereocenters. The molecule has 2 heterocycles. The van der Waals surface area contributed by atoms with Crippen LogP contribution in [0.3, 0.4) is 0 Å². The van der Waals surface area contributed by atoms with Crippen molar-refractivity contribution in [3.63, 3.8) is 0 Å². The Morgan fingerprint density at radius 2 is 2.20 bits per heavy atom. The molecule has 0 saturated carbocycles. The smallest absolute Gasteiger partial charge is 0.407 e. The summed E-state index contributed by atoms with van der Waals surface area (Å²) in [6, 6.07) is 5.66. The maximum absolute atomic E-state index is 12.2. The molecule has 7 nitrogen and oxygen atoms in total. The zero-order valence-corrected chi connectivity index (χ0v) is 15.1. The number of piperazine rings is 1. The van der Waals surface area contributed by atoms with E-state index in [1.54, 1.807) is 11.3 Å². The number of ether oxygens (including phenoxy) is 1. The van der Waals surface area contributed by atoms with E-state index in [9.17, 15) is 9.59 Å². The summed E-state index contributed by atoms with van der Waals surface area (Å²) >= 11 is 1.62. The fourth-order valence-electron chi connectivity index (χ4n) is 2.95. The number of nitrogens with zero attached hydrogens (tertiary/aromatic N) is 3. The first-order valence-corrected chi connectivity index (χ1v) is 8.97. The first-order valence-electron chi connectivity index (χ1n) is 8.16. The van der Waals surface area contributed by atoms with Crippen molar-refractivity contribution < 1.29 is 19.4 Å². The van der Waals surface area contributed by atoms with Crippen LogP contribution in [0.2, 0.25) is 0 Å². The molecule has 2 aromatic rings. The van der Waals surface area contributed by atoms with Crippen molar-refractivity contribution in [1.29, 1.82) is 0 Å². The molecule has 1 aromatic carbocycles. The molecule has 0 aliphatic carbocycles. The largest absolute Gasteiger partial charge is 0.486 e. The minimum atomic E-state index is -0.908. The second kappa shape index (κ2) is 7.37. The van der Waals surface area contributed by atoms with Crippen LogP contribution < -0.4 is 4.74 Å². The van der Waals surface area contributed by atoms with E-state index in [4.69, 9.17) is 9.84 Å². The zero-order chi connectivity index (χ0) is 18.0. The molecule has 1 saturated heterocycles. The van der Waals surface area contributed by atoms with Crippen molar-refractivity contribution in [1.82, 2.24) is 14.8 Å². The molecule has 1 aliphatic heterocycles. The average Bonchev–Trinajstić information content (AvgIpc) is 2.94. The van der Waals surface area contributed by atoms with Crippen molar-refractivity contribution in [2.24, 2.45) is 0 Å². The Bertz CT molecular complexity index is 791. The van der Waals surface area contributed by atoms with Gasteiger partial charge in [0.15, 0.2) is 5.78 Å². The third-order valence-corrected chi connectivity index (χ3v) is 5.23. The van der Waals surface area contributed by atoms with Gasteiger partial charge in [-0.15, -0.1) is 11.3 Å². The standard InChI is InChI=1S/C17H21N3O4S/c1-11-8-20(17(22)23)6-5-19(11)9-13(21)10-24-14-3-4-16-15(7-14)18-12(2)25-16/h3-4,7,11H,5-6,8-10H2,1-2H3,(H,22,23)/t11-/m0/s1. The van der Waals surface area contributed by atoms with Crippen LogP contribution in [0.1, 0.15) is 11.9 Å². The van der Waals surface area contributed by atoms with Gasteiger partial charge in [0.1, 0.15) is 12.4 Å². The number of rotatable bonds is 5. The number of hydrogen-bond donors (Lipinski definition) is 1. The molecule has 25 heavy (non-hydrogen) atoms. The van der Waals surface area contributed by atoms with Gasteiger partial charge in [0.05, 0.1) is 21.8 Å². The van der Waals surface area contributed by atoms with E-state index in [-0.39, 0.29) is 25.0 Å². The molecule has 0 bridgehead atoms. The molecule has 0 radical (unpaired) electrons. The van der Waals surface area contributed by atoms with Crippen LogP contribution >= 0.6 is 11.3 Å². The molecule has 1 amide bonds. The molecule has 1 aromatic heterocycles. The predicted molar refractivity (Wildman–Crippen MR) is 95.5 cm³/mol. The lowest BCUT2D eigenvalue weighted by atomic mass is 10.2. The molecular formula is C17H21N3O4S. The van der Waals surface area contributed by atoms with E-state index in [1.807, 2.05) is 36.9 Å². The Labute approximate surface area is 149 Å². The number of carbonyl (C=O) groups is 2. The maximum atomic E-state index is 12.2. The Kier molecular flexibility index (Phi) is 5.19. The predicted octanol–water partition coefficient (Wildman–Crippen LogP) is 2.24. The van der Waals surface area contributed by atoms with Gasteiger partial charge in [0, 0.05) is 31.7 Å². The fraction of sp³-hybridized carbons (Fsp3) is 0.471. The molecule has 1 N–H and O–H groups in total. The van der Waals surface area contributed by atoms with Gasteiger partial charge in [0.25, 0.3) is 0 Å². The van der Waals surface area contributed by atoms with E-state index in [1.165, 1.54) is 4.90 Å². The summed E-state index contributed by atoms with van der Waals surface area (Å²) in [6.45, 7) is 5.56. The highest BCUT2D eigenvalue weighted by atomic mass is 32.1. The van der Waals surface area contributed by atoms with Crippen LogP contribution in [0, 0.1) is 6.92 Å². The average molecular weight is 363 g/mol. The van der Waals surface area contributed by atoms with Crippen LogP contribution in [0.15, 0.2) is 18.2 Å². The van der Waals surface area contributed by atoms with Gasteiger partial charge in [0.2, 0.25) is 0 Å². The highest BCUT2D eigenvalue weighted by Crippen LogP contribution is 2.25. The van der Waals surface area contributed by atoms with Crippen LogP contribution in [0.25, 0.3) is 10.2 Å². The summed E-state index contributed by atoms with van der Waals surface area (Å²) in [5.41, 5.74) is 0.880. The first kappa shape index (κ1) is 17.6. The van der Waals surface area contributed by atoms with E-state index in [0.29, 0.717) is 25.4 Å². The number of amides is 1. The summed E-state index contributed by atoms with van der Waals surface area (Å²) in [4.78, 5) is 31.0. The number of ketones is 1. The lowest BCUT2D eigenvalue weighted by molar-refractivity contribution is -0.123. The first-order chi connectivity index (χ1) is 11.9. The second-order valence-corrected chi connectivity index (χ2v) is 7.47. The van der Waals surface area contributed by atoms with E-state index in [0.717, 1.165) is 15.2 Å². The van der Waals surface area contributed by atoms with Crippen molar-refractivity contribution in [2.75, 3.05) is 32.8 Å². The van der Waals surface area contributed by atoms with Gasteiger partial charge >= 0.3 is 6.09 Å². The highest BCUT2D eigenvalue weighted by Gasteiger charge is 2.27. The molecule has 0 spiro atoms. The molecular weight excluding hydrogens is 342 g/mol. The van der Waals surface area contributed by atoms with Crippen molar-refractivity contribution in [3.8, 4) is 5.75 Å². The number of carboxylic acid groups (broad SMARTS) is 1. The minimum absolute atomic E-state index is 0.000487. The molecule has 8 heteroatoms. The van der Waals surface area contributed by atoms with Crippen LogP contribution in [0.4, 0.5) is 4.79 Å². The SMILES string of the molecule is Cc1nc2cc(OCC(=O)CN3CCN(C(=O)O)C[C@@H]3C)ccc2s1. The van der Waals surface area contributed by atoms with Gasteiger partial charge in [-0.3, -0.25) is 9.69 Å². The Morgan fingerprint density at radius 3 is 2.92 bits per heavy atom. The quantitative estimate of drug-likeness (QED) is 0.877. The van der Waals surface area contributed by atoms with Crippen LogP contribution in [0.5, 0.6) is 5.75 Å². The molecule has 1 fully saturated rings. The van der Waals surface area contributed by atoms with E-state index >= 15 is 0 Å². The normalized spacial score (nSPS) is 18.5. The summed E-state index contributed by atoms with van der Waals surface area (Å²) in [5.74, 6) is 0.611. The monoisotopic (exact) mass is 363 g/mol. The highest BCUT2D eigenvalue weighted by molar-refractivity contribution is 7.18. The zero-order valence-electron chi connectivity index (χ0n) is 14.3. The van der Waals surface area contributed by atoms with Crippen molar-refractivity contribution >= 4 is 33.4 Å². The number of aromatic nitrogens is 1. The van der Waals surface area contributed by atoms with Crippen LogP contribution in [-0.4, -0.2) is 70.6 Å². The Balaban J connectivity index is 1.51. The number of aryl methyl sites for hydroxylation is 1. The molecule has 1 aliphatic rings. The number of Topliss-reactive ketones (excluding diaryl/α,β-unsaturated/α-hetero) is 1. The van der Waals surface area contributed by atoms with Gasteiger partial charge in [-0.25, -0.2) is 9.78 Å². The lowest BCUT2D eigenvalue weighted by Gasteiger charge is -2.38. The molecule has 1 atom stereocenters. The summed E-state index contributed by atoms with van der Waals surface area (Å²) < 4.78 is 6.70. The van der Waals surface area contributed by atoms with Crippen LogP contribution in [-0.2, 0) is 4.79 Å². The number of benzene rings is 1. The number of hydrogen-bond acceptors (Lipinski definition) is 6.